The fourth-order valence-corrected chi connectivity index (χ4v) is 2.91. The molecule has 0 bridgehead atoms. The number of aryl methyl sites for hydroxylation is 1. The lowest BCUT2D eigenvalue weighted by atomic mass is 10.0. The molecule has 1 unspecified atom stereocenters. The normalized spacial score (nSPS) is 15.9. The lowest BCUT2D eigenvalue weighted by molar-refractivity contribution is -0.187. The Bertz CT molecular complexity index is 969. The molecule has 1 N–H and O–H groups in total. The van der Waals surface area contributed by atoms with Gasteiger partial charge in [-0.15, -0.1) is 0 Å². The summed E-state index contributed by atoms with van der Waals surface area (Å²) in [7, 11) is 1.43. The van der Waals surface area contributed by atoms with Crippen LogP contribution in [-0.2, 0) is 4.79 Å². The fraction of sp³-hybridized carbons (Fsp3) is 0.211. The van der Waals surface area contributed by atoms with Crippen molar-refractivity contribution in [3.63, 3.8) is 0 Å². The molecule has 0 saturated heterocycles. The lowest BCUT2D eigenvalue weighted by Gasteiger charge is -2.28. The lowest BCUT2D eigenvalue weighted by Crippen LogP contribution is -2.40. The summed E-state index contributed by atoms with van der Waals surface area (Å²) in [5, 5.41) is 9.28. The fourth-order valence-electron chi connectivity index (χ4n) is 2.71. The smallest absolute Gasteiger partial charge is 0.430 e. The molecule has 0 aromatic heterocycles. The van der Waals surface area contributed by atoms with Crippen molar-refractivity contribution < 1.29 is 37.3 Å². The molecule has 28 heavy (non-hydrogen) atoms. The number of ether oxygens (including phenoxy) is 3. The maximum atomic E-state index is 13.2. The van der Waals surface area contributed by atoms with Crippen molar-refractivity contribution in [1.82, 2.24) is 0 Å². The predicted octanol–water partition coefficient (Wildman–Crippen LogP) is 5.24. The van der Waals surface area contributed by atoms with E-state index in [1.807, 2.05) is 6.92 Å². The van der Waals surface area contributed by atoms with Crippen LogP contribution in [0.3, 0.4) is 0 Å². The van der Waals surface area contributed by atoms with Gasteiger partial charge in [-0.1, -0.05) is 17.7 Å². The Hall–Kier alpha value is -2.87. The van der Waals surface area contributed by atoms with Crippen LogP contribution in [0.25, 0.3) is 6.08 Å². The molecule has 9 heteroatoms. The zero-order valence-corrected chi connectivity index (χ0v) is 15.4. The monoisotopic (exact) mass is 414 g/mol. The van der Waals surface area contributed by atoms with Crippen molar-refractivity contribution in [2.24, 2.45) is 0 Å². The highest BCUT2D eigenvalue weighted by Gasteiger charge is 2.48. The van der Waals surface area contributed by atoms with Crippen molar-refractivity contribution in [1.29, 1.82) is 0 Å². The molecule has 1 heterocycles. The van der Waals surface area contributed by atoms with Crippen LogP contribution < -0.4 is 14.2 Å². The van der Waals surface area contributed by atoms with Crippen molar-refractivity contribution in [2.45, 2.75) is 19.2 Å². The van der Waals surface area contributed by atoms with E-state index in [1.165, 1.54) is 19.2 Å². The molecule has 0 aliphatic carbocycles. The third kappa shape index (κ3) is 3.73. The largest absolute Gasteiger partial charge is 0.493 e. The average molecular weight is 415 g/mol. The number of aliphatic carboxylic acids is 1. The number of carbonyl (C=O) groups is 1. The molecule has 1 aliphatic rings. The van der Waals surface area contributed by atoms with Crippen LogP contribution in [0, 0.1) is 6.92 Å². The molecule has 5 nitrogen and oxygen atoms in total. The first-order chi connectivity index (χ1) is 13.1. The topological polar surface area (TPSA) is 65.0 Å². The molecular formula is C19H14ClF3O5. The van der Waals surface area contributed by atoms with E-state index in [2.05, 4.69) is 0 Å². The van der Waals surface area contributed by atoms with Gasteiger partial charge in [-0.25, -0.2) is 4.79 Å². The Balaban J connectivity index is 2.13. The zero-order valence-electron chi connectivity index (χ0n) is 14.6. The van der Waals surface area contributed by atoms with Gasteiger partial charge in [-0.05, 0) is 42.8 Å². The van der Waals surface area contributed by atoms with Gasteiger partial charge >= 0.3 is 12.1 Å². The molecule has 0 amide bonds. The van der Waals surface area contributed by atoms with Gasteiger partial charge in [0.15, 0.2) is 17.2 Å². The zero-order chi connectivity index (χ0) is 20.6. The summed E-state index contributed by atoms with van der Waals surface area (Å²) in [6, 6.07) is 7.59. The van der Waals surface area contributed by atoms with E-state index in [0.29, 0.717) is 5.75 Å². The van der Waals surface area contributed by atoms with Crippen molar-refractivity contribution in [3.8, 4) is 23.0 Å². The van der Waals surface area contributed by atoms with Gasteiger partial charge in [-0.2, -0.15) is 13.2 Å². The summed E-state index contributed by atoms with van der Waals surface area (Å²) in [5.41, 5.74) is -0.0779. The van der Waals surface area contributed by atoms with Gasteiger partial charge in [0.1, 0.15) is 5.75 Å². The molecule has 0 radical (unpaired) electrons. The van der Waals surface area contributed by atoms with Crippen molar-refractivity contribution in [2.75, 3.05) is 7.11 Å². The average Bonchev–Trinajstić information content (AvgIpc) is 2.63. The number of hydrogen-bond donors (Lipinski definition) is 1. The van der Waals surface area contributed by atoms with Gasteiger partial charge in [0.2, 0.25) is 6.10 Å². The maximum Gasteiger partial charge on any atom is 0.430 e. The molecule has 2 aromatic rings. The first-order valence-electron chi connectivity index (χ1n) is 7.95. The first-order valence-corrected chi connectivity index (χ1v) is 8.33. The second kappa shape index (κ2) is 7.27. The van der Waals surface area contributed by atoms with Crippen LogP contribution in [0.15, 0.2) is 35.9 Å². The molecule has 2 aromatic carbocycles. The van der Waals surface area contributed by atoms with E-state index >= 15 is 0 Å². The standard InChI is InChI=1S/C19H14ClF3O5/c1-9-3-5-14(15(7-9)26-2)27-16-10-8-11(18(24)25)17(19(21,22)23)28-13(10)6-4-12(16)20/h3-8,17H,1-2H3,(H,24,25). The van der Waals surface area contributed by atoms with Crippen LogP contribution >= 0.6 is 11.6 Å². The van der Waals surface area contributed by atoms with E-state index in [1.54, 1.807) is 18.2 Å². The third-order valence-electron chi connectivity index (χ3n) is 4.01. The van der Waals surface area contributed by atoms with Crippen LogP contribution in [-0.4, -0.2) is 30.5 Å². The van der Waals surface area contributed by atoms with E-state index in [-0.39, 0.29) is 27.8 Å². The van der Waals surface area contributed by atoms with Crippen molar-refractivity contribution in [3.05, 3.63) is 52.1 Å². The van der Waals surface area contributed by atoms with Gasteiger partial charge in [0.05, 0.1) is 23.3 Å². The second-order valence-electron chi connectivity index (χ2n) is 5.99. The minimum absolute atomic E-state index is 0.00646. The maximum absolute atomic E-state index is 13.2. The number of methoxy groups -OCH3 is 1. The highest BCUT2D eigenvalue weighted by atomic mass is 35.5. The summed E-state index contributed by atoms with van der Waals surface area (Å²) in [6.45, 7) is 1.84. The summed E-state index contributed by atoms with van der Waals surface area (Å²) >= 11 is 6.17. The van der Waals surface area contributed by atoms with Gasteiger partial charge in [-0.3, -0.25) is 0 Å². The Morgan fingerprint density at radius 1 is 1.21 bits per heavy atom. The molecule has 148 valence electrons. The molecule has 0 fully saturated rings. The Labute approximate surface area is 162 Å². The number of benzene rings is 2. The van der Waals surface area contributed by atoms with E-state index in [4.69, 9.17) is 25.8 Å². The molecule has 3 rings (SSSR count). The number of rotatable bonds is 4. The SMILES string of the molecule is COc1cc(C)ccc1Oc1c(Cl)ccc2c1C=C(C(=O)O)C(C(F)(F)F)O2. The summed E-state index contributed by atoms with van der Waals surface area (Å²) in [6.07, 6.45) is -6.63. The van der Waals surface area contributed by atoms with Gasteiger partial charge in [0.25, 0.3) is 0 Å². The summed E-state index contributed by atoms with van der Waals surface area (Å²) in [4.78, 5) is 11.4. The second-order valence-corrected chi connectivity index (χ2v) is 6.40. The Kier molecular flexibility index (Phi) is 5.16. The number of carboxylic acids is 1. The Morgan fingerprint density at radius 3 is 2.54 bits per heavy atom. The van der Waals surface area contributed by atoms with Crippen LogP contribution in [0.5, 0.6) is 23.0 Å². The first kappa shape index (κ1) is 19.9. The van der Waals surface area contributed by atoms with Crippen molar-refractivity contribution >= 4 is 23.6 Å². The molecule has 1 aliphatic heterocycles. The molecule has 0 spiro atoms. The van der Waals surface area contributed by atoms with E-state index in [9.17, 15) is 23.1 Å². The quantitative estimate of drug-likeness (QED) is 0.741. The Morgan fingerprint density at radius 2 is 1.93 bits per heavy atom. The van der Waals surface area contributed by atoms with E-state index < -0.39 is 23.8 Å². The number of halogens is 4. The minimum Gasteiger partial charge on any atom is -0.493 e. The molecule has 0 saturated carbocycles. The highest BCUT2D eigenvalue weighted by molar-refractivity contribution is 6.32. The summed E-state index contributed by atoms with van der Waals surface area (Å²) < 4.78 is 55.6. The number of hydrogen-bond acceptors (Lipinski definition) is 4. The van der Waals surface area contributed by atoms with Crippen LogP contribution in [0.1, 0.15) is 11.1 Å². The molecule has 1 atom stereocenters. The predicted molar refractivity (Wildman–Crippen MR) is 95.3 cm³/mol. The number of fused-ring (bicyclic) bond motifs is 1. The number of carboxylic acid groups (broad SMARTS) is 1. The third-order valence-corrected chi connectivity index (χ3v) is 4.31. The summed E-state index contributed by atoms with van der Waals surface area (Å²) in [5.74, 6) is -1.36. The minimum atomic E-state index is -4.90. The van der Waals surface area contributed by atoms with Gasteiger partial charge in [0, 0.05) is 0 Å². The van der Waals surface area contributed by atoms with Gasteiger partial charge < -0.3 is 19.3 Å². The molecular weight excluding hydrogens is 401 g/mol. The van der Waals surface area contributed by atoms with Crippen LogP contribution in [0.4, 0.5) is 13.2 Å². The number of alkyl halides is 3. The van der Waals surface area contributed by atoms with E-state index in [0.717, 1.165) is 11.6 Å². The highest BCUT2D eigenvalue weighted by Crippen LogP contribution is 2.46. The van der Waals surface area contributed by atoms with Crippen LogP contribution in [0.2, 0.25) is 5.02 Å².